The van der Waals surface area contributed by atoms with Crippen LogP contribution in [0.15, 0.2) is 48.5 Å². The monoisotopic (exact) mass is 481 g/mol. The van der Waals surface area contributed by atoms with Crippen LogP contribution in [0.3, 0.4) is 0 Å². The van der Waals surface area contributed by atoms with Gasteiger partial charge in [0.1, 0.15) is 6.61 Å². The zero-order valence-electron chi connectivity index (χ0n) is 19.9. The number of fused-ring (bicyclic) bond motifs is 3. The van der Waals surface area contributed by atoms with E-state index in [0.717, 1.165) is 6.42 Å². The van der Waals surface area contributed by atoms with Crippen LogP contribution in [-0.4, -0.2) is 32.1 Å². The summed E-state index contributed by atoms with van der Waals surface area (Å²) in [6, 6.07) is 16.5. The van der Waals surface area contributed by atoms with Crippen LogP contribution in [0.1, 0.15) is 55.6 Å². The van der Waals surface area contributed by atoms with E-state index in [0.29, 0.717) is 17.6 Å². The third-order valence-corrected chi connectivity index (χ3v) is 7.97. The van der Waals surface area contributed by atoms with Gasteiger partial charge in [-0.15, -0.1) is 0 Å². The molecule has 0 aliphatic heterocycles. The highest BCUT2D eigenvalue weighted by atomic mass is 32.1. The predicted molar refractivity (Wildman–Crippen MR) is 140 cm³/mol. The largest absolute Gasteiger partial charge is 0.538 e. The molecule has 176 valence electrons. The number of benzene rings is 2. The molecule has 1 amide bonds. The zero-order valence-corrected chi connectivity index (χ0v) is 21.8. The topological polar surface area (TPSA) is 47.6 Å². The average Bonchev–Trinajstić information content (AvgIpc) is 3.11. The van der Waals surface area contributed by atoms with Crippen molar-refractivity contribution in [2.45, 2.75) is 70.1 Å². The molecule has 0 radical (unpaired) electrons. The van der Waals surface area contributed by atoms with Crippen LogP contribution in [0.25, 0.3) is 11.1 Å². The molecule has 1 fully saturated rings. The molecule has 0 aromatic heterocycles. The van der Waals surface area contributed by atoms with Crippen molar-refractivity contribution in [1.82, 2.24) is 5.32 Å². The molecule has 2 aromatic carbocycles. The highest BCUT2D eigenvalue weighted by Crippen LogP contribution is 2.44. The van der Waals surface area contributed by atoms with Gasteiger partial charge in [-0.25, -0.2) is 4.79 Å². The summed E-state index contributed by atoms with van der Waals surface area (Å²) in [5, 5.41) is 3.56. The SMILES string of the molecule is C[Si](C)(C)OC(=S)C(CC1CCCCC1)NC(=O)OCC1c2ccccc2-c2ccccc21. The molecule has 1 N–H and O–H groups in total. The predicted octanol–water partition coefficient (Wildman–Crippen LogP) is 7.04. The number of ether oxygens (including phenoxy) is 1. The molecule has 0 saturated heterocycles. The minimum atomic E-state index is -1.85. The average molecular weight is 482 g/mol. The van der Waals surface area contributed by atoms with Crippen molar-refractivity contribution in [3.8, 4) is 11.1 Å². The van der Waals surface area contributed by atoms with E-state index in [2.05, 4.69) is 61.4 Å². The first-order chi connectivity index (χ1) is 15.8. The molecule has 2 aliphatic rings. The Balaban J connectivity index is 1.42. The van der Waals surface area contributed by atoms with E-state index in [9.17, 15) is 4.79 Å². The smallest absolute Gasteiger partial charge is 0.407 e. The van der Waals surface area contributed by atoms with Gasteiger partial charge in [-0.2, -0.15) is 0 Å². The zero-order chi connectivity index (χ0) is 23.4. The first-order valence-corrected chi connectivity index (χ1v) is 16.0. The van der Waals surface area contributed by atoms with Gasteiger partial charge in [0.05, 0.1) is 6.04 Å². The number of hydrogen-bond acceptors (Lipinski definition) is 4. The molecular weight excluding hydrogens is 446 g/mol. The summed E-state index contributed by atoms with van der Waals surface area (Å²) < 4.78 is 11.9. The van der Waals surface area contributed by atoms with Crippen LogP contribution < -0.4 is 5.32 Å². The number of nitrogens with one attached hydrogen (secondary N) is 1. The van der Waals surface area contributed by atoms with Gasteiger partial charge in [0.2, 0.25) is 8.32 Å². The number of rotatable bonds is 7. The normalized spacial score (nSPS) is 17.1. The van der Waals surface area contributed by atoms with E-state index < -0.39 is 14.4 Å². The second-order valence-electron chi connectivity index (χ2n) is 10.3. The molecule has 1 unspecified atom stereocenters. The Kier molecular flexibility index (Phi) is 7.54. The van der Waals surface area contributed by atoms with Gasteiger partial charge >= 0.3 is 6.09 Å². The van der Waals surface area contributed by atoms with Crippen molar-refractivity contribution >= 4 is 31.7 Å². The molecule has 2 aromatic rings. The fourth-order valence-corrected chi connectivity index (χ4v) is 6.78. The van der Waals surface area contributed by atoms with Crippen LogP contribution in [-0.2, 0) is 9.16 Å². The van der Waals surface area contributed by atoms with Crippen molar-refractivity contribution in [3.05, 3.63) is 59.7 Å². The summed E-state index contributed by atoms with van der Waals surface area (Å²) in [5.74, 6) is 0.617. The lowest BCUT2D eigenvalue weighted by Gasteiger charge is -2.30. The van der Waals surface area contributed by atoms with E-state index >= 15 is 0 Å². The van der Waals surface area contributed by atoms with Gasteiger partial charge < -0.3 is 14.5 Å². The number of amides is 1. The summed E-state index contributed by atoms with van der Waals surface area (Å²) >= 11 is 5.65. The molecular formula is C27H35NO3SSi. The maximum Gasteiger partial charge on any atom is 0.407 e. The standard InChI is InChI=1S/C27H35NO3SSi/c1-33(2,3)31-26(32)25(17-19-11-5-4-6-12-19)28-27(29)30-18-24-22-15-9-7-13-20(22)21-14-8-10-16-23(21)24/h7-10,13-16,19,24-25H,4-6,11-12,17-18H2,1-3H3,(H,28,29). The fourth-order valence-electron chi connectivity index (χ4n) is 5.13. The van der Waals surface area contributed by atoms with E-state index in [1.165, 1.54) is 54.4 Å². The Bertz CT molecular complexity index is 951. The third-order valence-electron chi connectivity index (χ3n) is 6.62. The molecule has 0 bridgehead atoms. The van der Waals surface area contributed by atoms with Gasteiger partial charge in [-0.05, 0) is 66.5 Å². The highest BCUT2D eigenvalue weighted by molar-refractivity contribution is 7.80. The summed E-state index contributed by atoms with van der Waals surface area (Å²) in [6.07, 6.45) is 6.61. The van der Waals surface area contributed by atoms with Crippen molar-refractivity contribution < 1.29 is 14.0 Å². The van der Waals surface area contributed by atoms with Gasteiger partial charge in [-0.1, -0.05) is 80.6 Å². The molecule has 6 heteroatoms. The summed E-state index contributed by atoms with van der Waals surface area (Å²) in [7, 11) is -1.85. The Labute approximate surface area is 204 Å². The van der Waals surface area contributed by atoms with Gasteiger partial charge in [0.25, 0.3) is 0 Å². The molecule has 1 saturated carbocycles. The Morgan fingerprint density at radius 1 is 1.00 bits per heavy atom. The lowest BCUT2D eigenvalue weighted by molar-refractivity contribution is 0.139. The second kappa shape index (κ2) is 10.4. The minimum absolute atomic E-state index is 0.0464. The second-order valence-corrected chi connectivity index (χ2v) is 15.1. The lowest BCUT2D eigenvalue weighted by atomic mass is 9.85. The van der Waals surface area contributed by atoms with E-state index in [-0.39, 0.29) is 12.0 Å². The minimum Gasteiger partial charge on any atom is -0.538 e. The van der Waals surface area contributed by atoms with E-state index in [1.54, 1.807) is 0 Å². The van der Waals surface area contributed by atoms with Crippen molar-refractivity contribution in [2.75, 3.05) is 6.61 Å². The maximum absolute atomic E-state index is 12.9. The van der Waals surface area contributed by atoms with Crippen LogP contribution in [0.4, 0.5) is 4.79 Å². The Morgan fingerprint density at radius 2 is 1.58 bits per heavy atom. The summed E-state index contributed by atoms with van der Waals surface area (Å²) in [4.78, 5) is 12.9. The fraction of sp³-hybridized carbons (Fsp3) is 0.481. The first kappa shape index (κ1) is 24.0. The highest BCUT2D eigenvalue weighted by Gasteiger charge is 2.31. The third kappa shape index (κ3) is 6.04. The van der Waals surface area contributed by atoms with E-state index in [1.807, 2.05) is 12.1 Å². The Morgan fingerprint density at radius 3 is 2.15 bits per heavy atom. The molecule has 33 heavy (non-hydrogen) atoms. The molecule has 0 heterocycles. The molecule has 2 aliphatic carbocycles. The number of carbonyl (C=O) groups excluding carboxylic acids is 1. The lowest BCUT2D eigenvalue weighted by Crippen LogP contribution is -2.46. The van der Waals surface area contributed by atoms with Crippen molar-refractivity contribution in [1.29, 1.82) is 0 Å². The van der Waals surface area contributed by atoms with Crippen LogP contribution in [0.2, 0.25) is 19.6 Å². The summed E-state index contributed by atoms with van der Waals surface area (Å²) in [5.41, 5.74) is 4.87. The van der Waals surface area contributed by atoms with Crippen molar-refractivity contribution in [3.63, 3.8) is 0 Å². The van der Waals surface area contributed by atoms with Gasteiger partial charge in [-0.3, -0.25) is 0 Å². The Hall–Kier alpha value is -2.18. The van der Waals surface area contributed by atoms with E-state index in [4.69, 9.17) is 21.4 Å². The molecule has 0 spiro atoms. The quantitative estimate of drug-likeness (QED) is 0.340. The van der Waals surface area contributed by atoms with Crippen LogP contribution >= 0.6 is 12.2 Å². The van der Waals surface area contributed by atoms with Crippen LogP contribution in [0, 0.1) is 5.92 Å². The molecule has 4 rings (SSSR count). The van der Waals surface area contributed by atoms with Gasteiger partial charge in [0.15, 0.2) is 5.05 Å². The number of thiocarbonyl (C=S) groups is 1. The number of carbonyl (C=O) groups is 1. The summed E-state index contributed by atoms with van der Waals surface area (Å²) in [6.45, 7) is 6.65. The molecule has 1 atom stereocenters. The van der Waals surface area contributed by atoms with Gasteiger partial charge in [0, 0.05) is 5.92 Å². The number of alkyl carbamates (subject to hydrolysis) is 1. The van der Waals surface area contributed by atoms with Crippen LogP contribution in [0.5, 0.6) is 0 Å². The first-order valence-electron chi connectivity index (χ1n) is 12.2. The maximum atomic E-state index is 12.9. The van der Waals surface area contributed by atoms with Crippen molar-refractivity contribution in [2.24, 2.45) is 5.92 Å². The molecule has 4 nitrogen and oxygen atoms in total. The number of hydrogen-bond donors (Lipinski definition) is 1.